The van der Waals surface area contributed by atoms with Crippen molar-refractivity contribution in [2.24, 2.45) is 4.99 Å². The monoisotopic (exact) mass is 339 g/mol. The van der Waals surface area contributed by atoms with E-state index in [0.717, 1.165) is 36.5 Å². The molecule has 3 rings (SSSR count). The molecule has 0 saturated heterocycles. The summed E-state index contributed by atoms with van der Waals surface area (Å²) in [6, 6.07) is 5.59. The topological polar surface area (TPSA) is 53.9 Å². The van der Waals surface area contributed by atoms with Gasteiger partial charge in [0.1, 0.15) is 11.6 Å². The molecule has 0 spiro atoms. The van der Waals surface area contributed by atoms with Crippen molar-refractivity contribution in [3.63, 3.8) is 0 Å². The van der Waals surface area contributed by atoms with Crippen LogP contribution in [-0.4, -0.2) is 23.4 Å². The zero-order valence-electron chi connectivity index (χ0n) is 14.7. The van der Waals surface area contributed by atoms with Gasteiger partial charge in [-0.2, -0.15) is 0 Å². The third-order valence-corrected chi connectivity index (χ3v) is 4.30. The Morgan fingerprint density at radius 2 is 2.12 bits per heavy atom. The Bertz CT molecular complexity index is 707. The minimum Gasteiger partial charge on any atom is -0.410 e. The molecule has 1 amide bonds. The maximum absolute atomic E-state index is 11.9. The minimum atomic E-state index is -0.392. The molecule has 2 aliphatic heterocycles. The summed E-state index contributed by atoms with van der Waals surface area (Å²) >= 11 is 0. The van der Waals surface area contributed by atoms with E-state index in [1.54, 1.807) is 6.07 Å². The van der Waals surface area contributed by atoms with Crippen molar-refractivity contribution in [1.82, 2.24) is 10.2 Å². The maximum atomic E-state index is 11.9. The summed E-state index contributed by atoms with van der Waals surface area (Å²) in [5, 5.41) is 2.81. The molecule has 1 aromatic carbocycles. The van der Waals surface area contributed by atoms with Crippen molar-refractivity contribution in [1.29, 1.82) is 0 Å². The lowest BCUT2D eigenvalue weighted by atomic mass is 10.1. The quantitative estimate of drug-likeness (QED) is 0.734. The molecule has 1 N–H and O–H groups in total. The number of nitrogens with zero attached hydrogens (tertiary/aromatic N) is 2. The average molecular weight is 339 g/mol. The van der Waals surface area contributed by atoms with E-state index < -0.39 is 6.09 Å². The van der Waals surface area contributed by atoms with Gasteiger partial charge in [0.05, 0.1) is 12.2 Å². The number of allylic oxidation sites excluding steroid dienone is 2. The van der Waals surface area contributed by atoms with E-state index in [1.165, 1.54) is 19.3 Å². The fraction of sp³-hybridized carbons (Fsp3) is 0.400. The van der Waals surface area contributed by atoms with Crippen LogP contribution in [0.25, 0.3) is 0 Å². The Labute approximate surface area is 149 Å². The van der Waals surface area contributed by atoms with E-state index in [-0.39, 0.29) is 0 Å². The Hall–Kier alpha value is -2.56. The second-order valence-electron chi connectivity index (χ2n) is 6.32. The molecule has 5 nitrogen and oxygen atoms in total. The van der Waals surface area contributed by atoms with Gasteiger partial charge < -0.3 is 15.0 Å². The Kier molecular flexibility index (Phi) is 5.88. The second kappa shape index (κ2) is 8.51. The fourth-order valence-corrected chi connectivity index (χ4v) is 2.93. The van der Waals surface area contributed by atoms with Gasteiger partial charge in [0, 0.05) is 18.3 Å². The molecule has 0 aliphatic carbocycles. The third-order valence-electron chi connectivity index (χ3n) is 4.30. The number of unbranched alkanes of at least 4 members (excludes halogenated alkanes) is 4. The zero-order chi connectivity index (χ0) is 17.5. The summed E-state index contributed by atoms with van der Waals surface area (Å²) in [5.74, 6) is 1.49. The Morgan fingerprint density at radius 1 is 1.24 bits per heavy atom. The van der Waals surface area contributed by atoms with Crippen LogP contribution in [0.5, 0.6) is 5.75 Å². The SMILES string of the molecule is CCCCCCCNC(=O)Oc1ccc2c(c1)CN1C=CC=CC1=N2. The van der Waals surface area contributed by atoms with E-state index in [4.69, 9.17) is 4.74 Å². The number of aliphatic imine (C=N–C) groups is 1. The summed E-state index contributed by atoms with van der Waals surface area (Å²) < 4.78 is 5.40. The molecule has 2 aliphatic rings. The third kappa shape index (κ3) is 4.72. The summed E-state index contributed by atoms with van der Waals surface area (Å²) in [6.07, 6.45) is 13.4. The van der Waals surface area contributed by atoms with E-state index in [0.29, 0.717) is 12.3 Å². The molecule has 0 bridgehead atoms. The first-order valence-corrected chi connectivity index (χ1v) is 9.05. The molecule has 0 fully saturated rings. The molecule has 5 heteroatoms. The highest BCUT2D eigenvalue weighted by atomic mass is 16.6. The lowest BCUT2D eigenvalue weighted by Gasteiger charge is -2.27. The fourth-order valence-electron chi connectivity index (χ4n) is 2.93. The van der Waals surface area contributed by atoms with Crippen molar-refractivity contribution in [3.8, 4) is 5.75 Å². The number of ether oxygens (including phenoxy) is 1. The van der Waals surface area contributed by atoms with Gasteiger partial charge in [0.25, 0.3) is 0 Å². The molecular weight excluding hydrogens is 314 g/mol. The molecule has 1 aromatic rings. The predicted octanol–water partition coefficient (Wildman–Crippen LogP) is 4.67. The standard InChI is InChI=1S/C20H25N3O2/c1-2-3-4-5-7-12-21-20(24)25-17-10-11-18-16(14-17)15-23-13-8-6-9-19(23)22-18/h6,8-11,13-14H,2-5,7,12,15H2,1H3,(H,21,24). The first kappa shape index (κ1) is 17.3. The van der Waals surface area contributed by atoms with Gasteiger partial charge in [-0.05, 0) is 36.8 Å². The zero-order valence-corrected chi connectivity index (χ0v) is 14.7. The van der Waals surface area contributed by atoms with Crippen molar-refractivity contribution in [3.05, 3.63) is 48.2 Å². The number of rotatable bonds is 7. The summed E-state index contributed by atoms with van der Waals surface area (Å²) in [4.78, 5) is 18.6. The van der Waals surface area contributed by atoms with Crippen LogP contribution in [-0.2, 0) is 6.54 Å². The van der Waals surface area contributed by atoms with Crippen molar-refractivity contribution in [2.45, 2.75) is 45.6 Å². The van der Waals surface area contributed by atoms with Gasteiger partial charge >= 0.3 is 6.09 Å². The van der Waals surface area contributed by atoms with Gasteiger partial charge in [-0.25, -0.2) is 9.79 Å². The number of benzene rings is 1. The van der Waals surface area contributed by atoms with E-state index in [2.05, 4.69) is 22.1 Å². The van der Waals surface area contributed by atoms with E-state index in [1.807, 2.05) is 36.6 Å². The van der Waals surface area contributed by atoms with Crippen LogP contribution in [0.4, 0.5) is 10.5 Å². The second-order valence-corrected chi connectivity index (χ2v) is 6.32. The lowest BCUT2D eigenvalue weighted by Crippen LogP contribution is -2.28. The molecule has 0 radical (unpaired) electrons. The van der Waals surface area contributed by atoms with Crippen LogP contribution in [0.1, 0.15) is 44.6 Å². The summed E-state index contributed by atoms with van der Waals surface area (Å²) in [7, 11) is 0. The Balaban J connectivity index is 1.51. The molecule has 0 unspecified atom stereocenters. The van der Waals surface area contributed by atoms with Crippen molar-refractivity contribution < 1.29 is 9.53 Å². The average Bonchev–Trinajstić information content (AvgIpc) is 2.63. The van der Waals surface area contributed by atoms with Crippen LogP contribution in [0, 0.1) is 0 Å². The number of hydrogen-bond acceptors (Lipinski definition) is 4. The van der Waals surface area contributed by atoms with Crippen LogP contribution >= 0.6 is 0 Å². The molecule has 0 atom stereocenters. The first-order valence-electron chi connectivity index (χ1n) is 9.05. The van der Waals surface area contributed by atoms with E-state index >= 15 is 0 Å². The highest BCUT2D eigenvalue weighted by Crippen LogP contribution is 2.31. The van der Waals surface area contributed by atoms with Gasteiger partial charge in [0.15, 0.2) is 0 Å². The molecule has 25 heavy (non-hydrogen) atoms. The molecular formula is C20H25N3O2. The maximum Gasteiger partial charge on any atom is 0.412 e. The molecule has 0 saturated carbocycles. The number of amides is 1. The minimum absolute atomic E-state index is 0.392. The molecule has 132 valence electrons. The van der Waals surface area contributed by atoms with Gasteiger partial charge in [0.2, 0.25) is 0 Å². The van der Waals surface area contributed by atoms with Crippen LogP contribution in [0.3, 0.4) is 0 Å². The number of nitrogens with one attached hydrogen (secondary N) is 1. The summed E-state index contributed by atoms with van der Waals surface area (Å²) in [6.45, 7) is 3.58. The van der Waals surface area contributed by atoms with Gasteiger partial charge in [-0.15, -0.1) is 0 Å². The Morgan fingerprint density at radius 3 is 3.00 bits per heavy atom. The summed E-state index contributed by atoms with van der Waals surface area (Å²) in [5.41, 5.74) is 1.98. The number of hydrogen-bond donors (Lipinski definition) is 1. The number of fused-ring (bicyclic) bond motifs is 2. The van der Waals surface area contributed by atoms with Crippen molar-refractivity contribution in [2.75, 3.05) is 6.54 Å². The number of amidine groups is 1. The number of carbonyl (C=O) groups excluding carboxylic acids is 1. The normalized spacial score (nSPS) is 14.6. The highest BCUT2D eigenvalue weighted by molar-refractivity contribution is 5.98. The van der Waals surface area contributed by atoms with Crippen LogP contribution in [0.2, 0.25) is 0 Å². The van der Waals surface area contributed by atoms with Crippen molar-refractivity contribution >= 4 is 17.6 Å². The molecule has 2 heterocycles. The number of carbonyl (C=O) groups is 1. The van der Waals surface area contributed by atoms with Gasteiger partial charge in [-0.3, -0.25) is 0 Å². The smallest absolute Gasteiger partial charge is 0.410 e. The van der Waals surface area contributed by atoms with E-state index in [9.17, 15) is 4.79 Å². The first-order chi connectivity index (χ1) is 12.3. The lowest BCUT2D eigenvalue weighted by molar-refractivity contribution is 0.200. The highest BCUT2D eigenvalue weighted by Gasteiger charge is 2.18. The van der Waals surface area contributed by atoms with Gasteiger partial charge in [-0.1, -0.05) is 38.7 Å². The van der Waals surface area contributed by atoms with Crippen LogP contribution < -0.4 is 10.1 Å². The van der Waals surface area contributed by atoms with Crippen LogP contribution in [0.15, 0.2) is 47.6 Å². The largest absolute Gasteiger partial charge is 0.412 e. The predicted molar refractivity (Wildman–Crippen MR) is 100 cm³/mol. The molecule has 0 aromatic heterocycles.